The van der Waals surface area contributed by atoms with Gasteiger partial charge in [0, 0.05) is 12.1 Å². The van der Waals surface area contributed by atoms with Crippen LogP contribution in [0.15, 0.2) is 38.9 Å². The number of benzene rings is 1. The van der Waals surface area contributed by atoms with Crippen LogP contribution in [-0.4, -0.2) is 4.98 Å². The first kappa shape index (κ1) is 12.9. The summed E-state index contributed by atoms with van der Waals surface area (Å²) in [5, 5.41) is 2.53. The van der Waals surface area contributed by atoms with E-state index in [1.807, 2.05) is 36.6 Å². The van der Waals surface area contributed by atoms with Crippen molar-refractivity contribution in [1.29, 1.82) is 0 Å². The normalized spacial score (nSPS) is 11.1. The molecule has 0 amide bonds. The van der Waals surface area contributed by atoms with Crippen LogP contribution in [0.3, 0.4) is 0 Å². The molecule has 0 saturated carbocycles. The van der Waals surface area contributed by atoms with Gasteiger partial charge in [-0.15, -0.1) is 11.3 Å². The van der Waals surface area contributed by atoms with Crippen LogP contribution in [0.25, 0.3) is 10.2 Å². The number of nitrogens with zero attached hydrogens (tertiary/aromatic N) is 1. The van der Waals surface area contributed by atoms with E-state index in [4.69, 9.17) is 10.2 Å². The minimum Gasteiger partial charge on any atom is -0.408 e. The fourth-order valence-electron chi connectivity index (χ4n) is 2.10. The highest BCUT2D eigenvalue weighted by atomic mass is 32.1. The molecule has 3 rings (SSSR count). The Morgan fingerprint density at radius 1 is 1.25 bits per heavy atom. The summed E-state index contributed by atoms with van der Waals surface area (Å²) in [5.41, 5.74) is 8.17. The first-order valence-electron chi connectivity index (χ1n) is 6.36. The molecule has 0 aliphatic heterocycles. The van der Waals surface area contributed by atoms with Gasteiger partial charge in [-0.1, -0.05) is 12.1 Å². The topological polar surface area (TPSA) is 69.1 Å². The Labute approximate surface area is 119 Å². The van der Waals surface area contributed by atoms with Crippen LogP contribution in [0, 0.1) is 6.92 Å². The van der Waals surface area contributed by atoms with Crippen LogP contribution in [0.4, 0.5) is 5.69 Å². The molecule has 0 unspecified atom stereocenters. The summed E-state index contributed by atoms with van der Waals surface area (Å²) in [4.78, 5) is 17.1. The van der Waals surface area contributed by atoms with Crippen LogP contribution in [0.2, 0.25) is 0 Å². The highest BCUT2D eigenvalue weighted by molar-refractivity contribution is 7.16. The van der Waals surface area contributed by atoms with E-state index in [0.717, 1.165) is 28.1 Å². The molecule has 0 fully saturated rings. The molecule has 0 bridgehead atoms. The first-order chi connectivity index (χ1) is 9.63. The molecule has 4 nitrogen and oxygen atoms in total. The Morgan fingerprint density at radius 2 is 2.00 bits per heavy atom. The zero-order chi connectivity index (χ0) is 14.1. The number of aryl methyl sites for hydroxylation is 3. The second kappa shape index (κ2) is 5.09. The molecule has 2 heterocycles. The molecule has 20 heavy (non-hydrogen) atoms. The predicted molar refractivity (Wildman–Crippen MR) is 81.2 cm³/mol. The van der Waals surface area contributed by atoms with Crippen molar-refractivity contribution in [3.05, 3.63) is 57.1 Å². The van der Waals surface area contributed by atoms with Gasteiger partial charge in [-0.2, -0.15) is 0 Å². The van der Waals surface area contributed by atoms with E-state index in [1.54, 1.807) is 0 Å². The number of fused-ring (bicyclic) bond motifs is 1. The molecule has 102 valence electrons. The van der Waals surface area contributed by atoms with E-state index in [-0.39, 0.29) is 5.63 Å². The van der Waals surface area contributed by atoms with Gasteiger partial charge in [-0.05, 0) is 42.0 Å². The van der Waals surface area contributed by atoms with Crippen molar-refractivity contribution in [3.8, 4) is 0 Å². The molecular formula is C15H14N2O2S. The Morgan fingerprint density at radius 3 is 2.75 bits per heavy atom. The predicted octanol–water partition coefficient (Wildman–Crippen LogP) is 2.93. The van der Waals surface area contributed by atoms with Crippen LogP contribution >= 0.6 is 11.3 Å². The molecule has 3 aromatic rings. The Kier molecular flexibility index (Phi) is 3.28. The largest absolute Gasteiger partial charge is 0.408 e. The molecule has 2 aromatic heterocycles. The molecule has 2 N–H and O–H groups in total. The number of hydrogen-bond donors (Lipinski definition) is 1. The van der Waals surface area contributed by atoms with Gasteiger partial charge in [0.25, 0.3) is 0 Å². The van der Waals surface area contributed by atoms with Crippen molar-refractivity contribution in [2.24, 2.45) is 0 Å². The number of nitrogen functional groups attached to an aromatic ring is 1. The summed E-state index contributed by atoms with van der Waals surface area (Å²) in [6, 6.07) is 7.68. The number of nitrogens with two attached hydrogens (primary N) is 1. The van der Waals surface area contributed by atoms with Crippen molar-refractivity contribution >= 4 is 27.2 Å². The minimum atomic E-state index is -0.291. The highest BCUT2D eigenvalue weighted by Gasteiger charge is 2.10. The van der Waals surface area contributed by atoms with Crippen molar-refractivity contribution in [2.45, 2.75) is 19.8 Å². The third-order valence-electron chi connectivity index (χ3n) is 3.20. The first-order valence-corrected chi connectivity index (χ1v) is 7.23. The quantitative estimate of drug-likeness (QED) is 0.752. The second-order valence-electron chi connectivity index (χ2n) is 4.74. The molecule has 0 atom stereocenters. The molecule has 0 aliphatic rings. The SMILES string of the molecule is Cc1csc2nc(CCc3ccc(N)cc3)oc(=O)c12. The highest BCUT2D eigenvalue weighted by Crippen LogP contribution is 2.20. The molecule has 0 spiro atoms. The average molecular weight is 286 g/mol. The van der Waals surface area contributed by atoms with Gasteiger partial charge in [0.05, 0.1) is 5.39 Å². The van der Waals surface area contributed by atoms with E-state index in [1.165, 1.54) is 11.3 Å². The Hall–Kier alpha value is -2.14. The molecule has 1 aromatic carbocycles. The lowest BCUT2D eigenvalue weighted by atomic mass is 10.1. The van der Waals surface area contributed by atoms with Gasteiger partial charge < -0.3 is 10.2 Å². The monoisotopic (exact) mass is 286 g/mol. The maximum absolute atomic E-state index is 11.9. The van der Waals surface area contributed by atoms with Gasteiger partial charge in [0.2, 0.25) is 0 Å². The zero-order valence-electron chi connectivity index (χ0n) is 11.1. The summed E-state index contributed by atoms with van der Waals surface area (Å²) in [5.74, 6) is 0.487. The number of aromatic nitrogens is 1. The van der Waals surface area contributed by atoms with E-state index in [9.17, 15) is 4.79 Å². The Bertz CT molecular complexity index is 803. The third-order valence-corrected chi connectivity index (χ3v) is 4.19. The van der Waals surface area contributed by atoms with Gasteiger partial charge in [0.1, 0.15) is 4.83 Å². The van der Waals surface area contributed by atoms with Crippen molar-refractivity contribution in [3.63, 3.8) is 0 Å². The van der Waals surface area contributed by atoms with E-state index in [0.29, 0.717) is 17.7 Å². The molecular weight excluding hydrogens is 272 g/mol. The standard InChI is InChI=1S/C15H14N2O2S/c1-9-8-20-14-13(9)15(18)19-12(17-14)7-4-10-2-5-11(16)6-3-10/h2-3,5-6,8H,4,7,16H2,1H3. The average Bonchev–Trinajstić information content (AvgIpc) is 2.80. The van der Waals surface area contributed by atoms with E-state index in [2.05, 4.69) is 4.98 Å². The van der Waals surface area contributed by atoms with Crippen LogP contribution in [0.5, 0.6) is 0 Å². The zero-order valence-corrected chi connectivity index (χ0v) is 11.9. The van der Waals surface area contributed by atoms with E-state index >= 15 is 0 Å². The van der Waals surface area contributed by atoms with Crippen molar-refractivity contribution in [1.82, 2.24) is 4.98 Å². The summed E-state index contributed by atoms with van der Waals surface area (Å²) >= 11 is 1.48. The van der Waals surface area contributed by atoms with Crippen LogP contribution in [0.1, 0.15) is 17.0 Å². The lowest BCUT2D eigenvalue weighted by Crippen LogP contribution is -2.05. The van der Waals surface area contributed by atoms with Gasteiger partial charge in [-0.3, -0.25) is 0 Å². The Balaban J connectivity index is 1.84. The van der Waals surface area contributed by atoms with Gasteiger partial charge in [-0.25, -0.2) is 9.78 Å². The number of hydrogen-bond acceptors (Lipinski definition) is 5. The molecule has 0 radical (unpaired) electrons. The van der Waals surface area contributed by atoms with Gasteiger partial charge in [0.15, 0.2) is 5.89 Å². The lowest BCUT2D eigenvalue weighted by molar-refractivity contribution is 0.444. The molecule has 0 saturated heterocycles. The maximum Gasteiger partial charge on any atom is 0.347 e. The summed E-state index contributed by atoms with van der Waals surface area (Å²) < 4.78 is 5.29. The van der Waals surface area contributed by atoms with E-state index < -0.39 is 0 Å². The summed E-state index contributed by atoms with van der Waals surface area (Å²) in [7, 11) is 0. The summed E-state index contributed by atoms with van der Waals surface area (Å²) in [6.07, 6.45) is 1.37. The van der Waals surface area contributed by atoms with Crippen LogP contribution < -0.4 is 11.4 Å². The number of thiophene rings is 1. The maximum atomic E-state index is 11.9. The minimum absolute atomic E-state index is 0.291. The second-order valence-corrected chi connectivity index (χ2v) is 5.59. The fraction of sp³-hybridized carbons (Fsp3) is 0.200. The molecule has 0 aliphatic carbocycles. The van der Waals surface area contributed by atoms with Gasteiger partial charge >= 0.3 is 5.63 Å². The number of anilines is 1. The summed E-state index contributed by atoms with van der Waals surface area (Å²) in [6.45, 7) is 1.89. The third kappa shape index (κ3) is 2.44. The number of rotatable bonds is 3. The van der Waals surface area contributed by atoms with Crippen molar-refractivity contribution in [2.75, 3.05) is 5.73 Å². The fourth-order valence-corrected chi connectivity index (χ4v) is 3.02. The molecule has 5 heteroatoms. The lowest BCUT2D eigenvalue weighted by Gasteiger charge is -2.01. The van der Waals surface area contributed by atoms with Crippen molar-refractivity contribution < 1.29 is 4.42 Å². The van der Waals surface area contributed by atoms with Crippen LogP contribution in [-0.2, 0) is 12.8 Å². The smallest absolute Gasteiger partial charge is 0.347 e.